The van der Waals surface area contributed by atoms with E-state index >= 15 is 0 Å². The van der Waals surface area contributed by atoms with E-state index in [0.717, 1.165) is 0 Å². The number of nitrogens with zero attached hydrogens (tertiary/aromatic N) is 1. The molecule has 0 atom stereocenters. The van der Waals surface area contributed by atoms with Crippen LogP contribution in [0, 0.1) is 11.8 Å². The predicted molar refractivity (Wildman–Crippen MR) is 69.4 cm³/mol. The van der Waals surface area contributed by atoms with Crippen molar-refractivity contribution < 1.29 is 26.7 Å². The van der Waals surface area contributed by atoms with Gasteiger partial charge in [0, 0.05) is 6.42 Å². The molecule has 0 amide bonds. The number of alkyl halides is 3. The summed E-state index contributed by atoms with van der Waals surface area (Å²) in [6.45, 7) is -1.81. The molecule has 21 heavy (non-hydrogen) atoms. The van der Waals surface area contributed by atoms with E-state index in [9.17, 15) is 21.6 Å². The van der Waals surface area contributed by atoms with E-state index in [0.29, 0.717) is 0 Å². The highest BCUT2D eigenvalue weighted by molar-refractivity contribution is 7.90. The van der Waals surface area contributed by atoms with Gasteiger partial charge in [-0.2, -0.15) is 26.3 Å². The fraction of sp³-hybridized carbons (Fsp3) is 0.364. The minimum Gasteiger partial charge on any atom is -0.395 e. The van der Waals surface area contributed by atoms with E-state index in [-0.39, 0.29) is 24.5 Å². The zero-order valence-corrected chi connectivity index (χ0v) is 11.4. The molecule has 6 nitrogen and oxygen atoms in total. The molecule has 1 aromatic heterocycles. The van der Waals surface area contributed by atoms with Crippen molar-refractivity contribution in [3.8, 4) is 11.8 Å². The molecule has 1 aromatic rings. The van der Waals surface area contributed by atoms with Crippen LogP contribution in [-0.2, 0) is 10.2 Å². The second kappa shape index (κ2) is 7.26. The van der Waals surface area contributed by atoms with Gasteiger partial charge in [-0.15, -0.1) is 0 Å². The number of aromatic nitrogens is 1. The van der Waals surface area contributed by atoms with Gasteiger partial charge in [0.1, 0.15) is 18.1 Å². The molecule has 0 aliphatic heterocycles. The van der Waals surface area contributed by atoms with Gasteiger partial charge in [0.2, 0.25) is 0 Å². The molecule has 0 bridgehead atoms. The molecule has 10 heteroatoms. The fourth-order valence-electron chi connectivity index (χ4n) is 1.12. The number of hydrogen-bond donors (Lipinski definition) is 3. The number of pyridine rings is 1. The van der Waals surface area contributed by atoms with Gasteiger partial charge in [-0.3, -0.25) is 4.72 Å². The average molecular weight is 323 g/mol. The minimum absolute atomic E-state index is 0.124. The van der Waals surface area contributed by atoms with Gasteiger partial charge in [0.15, 0.2) is 0 Å². The van der Waals surface area contributed by atoms with Crippen LogP contribution in [0.2, 0.25) is 0 Å². The molecule has 0 aromatic carbocycles. The fourth-order valence-corrected chi connectivity index (χ4v) is 1.94. The third-order valence-electron chi connectivity index (χ3n) is 1.90. The number of anilines is 1. The second-order valence-electron chi connectivity index (χ2n) is 3.73. The molecule has 0 unspecified atom stereocenters. The number of halogens is 3. The van der Waals surface area contributed by atoms with Gasteiger partial charge < -0.3 is 5.11 Å². The summed E-state index contributed by atoms with van der Waals surface area (Å²) in [4.78, 5) is 3.81. The first-order valence-corrected chi connectivity index (χ1v) is 7.11. The van der Waals surface area contributed by atoms with Crippen molar-refractivity contribution in [3.63, 3.8) is 0 Å². The van der Waals surface area contributed by atoms with E-state index in [2.05, 4.69) is 16.8 Å². The third-order valence-corrected chi connectivity index (χ3v) is 2.91. The van der Waals surface area contributed by atoms with Crippen molar-refractivity contribution in [3.05, 3.63) is 23.9 Å². The van der Waals surface area contributed by atoms with E-state index in [4.69, 9.17) is 5.11 Å². The number of nitrogens with one attached hydrogen (secondary N) is 2. The lowest BCUT2D eigenvalue weighted by molar-refractivity contribution is -0.121. The lowest BCUT2D eigenvalue weighted by Crippen LogP contribution is -2.37. The normalized spacial score (nSPS) is 11.6. The van der Waals surface area contributed by atoms with E-state index in [1.807, 2.05) is 4.72 Å². The molecule has 0 saturated carbocycles. The summed E-state index contributed by atoms with van der Waals surface area (Å²) in [5.41, 5.74) is 0.222. The van der Waals surface area contributed by atoms with Gasteiger partial charge in [-0.1, -0.05) is 12.0 Å². The van der Waals surface area contributed by atoms with Crippen molar-refractivity contribution in [2.45, 2.75) is 12.6 Å². The lowest BCUT2D eigenvalue weighted by atomic mass is 10.3. The highest BCUT2D eigenvalue weighted by Gasteiger charge is 2.29. The molecule has 0 aliphatic rings. The standard InChI is InChI=1S/C11H12F3N3O3S/c12-11(13,14)8-15-21(19,20)17-10-6-3-5-9(16-10)4-1-2-7-18/h3,5-6,15,18H,2,7-8H2,(H,16,17). The molecule has 0 saturated heterocycles. The van der Waals surface area contributed by atoms with Crippen LogP contribution in [0.5, 0.6) is 0 Å². The molecule has 1 heterocycles. The van der Waals surface area contributed by atoms with Crippen molar-refractivity contribution >= 4 is 16.0 Å². The Balaban J connectivity index is 2.75. The van der Waals surface area contributed by atoms with Crippen molar-refractivity contribution in [1.82, 2.24) is 9.71 Å². The Morgan fingerprint density at radius 1 is 1.33 bits per heavy atom. The highest BCUT2D eigenvalue weighted by atomic mass is 32.2. The van der Waals surface area contributed by atoms with Gasteiger partial charge in [0.25, 0.3) is 0 Å². The van der Waals surface area contributed by atoms with Crippen molar-refractivity contribution in [2.75, 3.05) is 17.9 Å². The summed E-state index contributed by atoms with van der Waals surface area (Å²) >= 11 is 0. The molecular formula is C11H12F3N3O3S. The summed E-state index contributed by atoms with van der Waals surface area (Å²) in [6.07, 6.45) is -4.43. The first-order chi connectivity index (χ1) is 9.72. The maximum Gasteiger partial charge on any atom is 0.402 e. The zero-order chi connectivity index (χ0) is 15.9. The highest BCUT2D eigenvalue weighted by Crippen LogP contribution is 2.13. The Bertz CT molecular complexity index is 635. The minimum atomic E-state index is -4.65. The largest absolute Gasteiger partial charge is 0.402 e. The van der Waals surface area contributed by atoms with E-state index < -0.39 is 22.9 Å². The molecule has 0 aliphatic carbocycles. The molecule has 0 radical (unpaired) electrons. The Hall–Kier alpha value is -1.83. The smallest absolute Gasteiger partial charge is 0.395 e. The Morgan fingerprint density at radius 2 is 2.05 bits per heavy atom. The van der Waals surface area contributed by atoms with Gasteiger partial charge in [-0.05, 0) is 18.1 Å². The van der Waals surface area contributed by atoms with Gasteiger partial charge in [-0.25, -0.2) is 4.98 Å². The molecule has 0 spiro atoms. The average Bonchev–Trinajstić information content (AvgIpc) is 2.36. The topological polar surface area (TPSA) is 91.3 Å². The summed E-state index contributed by atoms with van der Waals surface area (Å²) < 4.78 is 61.8. The predicted octanol–water partition coefficient (Wildman–Crippen LogP) is 0.624. The summed E-state index contributed by atoms with van der Waals surface area (Å²) in [6, 6.07) is 4.20. The Morgan fingerprint density at radius 3 is 2.67 bits per heavy atom. The van der Waals surface area contributed by atoms with Crippen LogP contribution >= 0.6 is 0 Å². The molecular weight excluding hydrogens is 311 g/mol. The third kappa shape index (κ3) is 7.50. The first kappa shape index (κ1) is 17.2. The van der Waals surface area contributed by atoms with Gasteiger partial charge >= 0.3 is 16.4 Å². The maximum atomic E-state index is 12.0. The van der Waals surface area contributed by atoms with Crippen molar-refractivity contribution in [2.24, 2.45) is 0 Å². The maximum absolute atomic E-state index is 12.0. The van der Waals surface area contributed by atoms with Crippen LogP contribution in [0.4, 0.5) is 19.0 Å². The molecule has 1 rings (SSSR count). The number of aliphatic hydroxyl groups excluding tert-OH is 1. The monoisotopic (exact) mass is 323 g/mol. The first-order valence-electron chi connectivity index (χ1n) is 5.63. The van der Waals surface area contributed by atoms with Crippen LogP contribution in [0.25, 0.3) is 0 Å². The zero-order valence-electron chi connectivity index (χ0n) is 10.6. The van der Waals surface area contributed by atoms with Crippen LogP contribution < -0.4 is 9.44 Å². The van der Waals surface area contributed by atoms with Crippen molar-refractivity contribution in [1.29, 1.82) is 0 Å². The van der Waals surface area contributed by atoms with Crippen LogP contribution in [-0.4, -0.2) is 37.8 Å². The van der Waals surface area contributed by atoms with Crippen LogP contribution in [0.3, 0.4) is 0 Å². The number of aliphatic hydroxyl groups is 1. The molecule has 0 fully saturated rings. The Labute approximate surface area is 119 Å². The SMILES string of the molecule is O=S(=O)(NCC(F)(F)F)Nc1cccc(C#CCCO)n1. The van der Waals surface area contributed by atoms with Crippen LogP contribution in [0.1, 0.15) is 12.1 Å². The summed E-state index contributed by atoms with van der Waals surface area (Å²) in [5, 5.41) is 8.56. The van der Waals surface area contributed by atoms with E-state index in [1.54, 1.807) is 0 Å². The molecule has 3 N–H and O–H groups in total. The summed E-state index contributed by atoms with van der Waals surface area (Å²) in [5.74, 6) is 4.99. The lowest BCUT2D eigenvalue weighted by Gasteiger charge is -2.10. The Kier molecular flexibility index (Phi) is 5.95. The number of rotatable bonds is 5. The molecule has 116 valence electrons. The summed E-state index contributed by atoms with van der Waals surface area (Å²) in [7, 11) is -4.38. The second-order valence-corrected chi connectivity index (χ2v) is 5.22. The van der Waals surface area contributed by atoms with Crippen LogP contribution in [0.15, 0.2) is 18.2 Å². The number of hydrogen-bond acceptors (Lipinski definition) is 4. The quantitative estimate of drug-likeness (QED) is 0.693. The van der Waals surface area contributed by atoms with E-state index in [1.165, 1.54) is 22.9 Å². The van der Waals surface area contributed by atoms with Gasteiger partial charge in [0.05, 0.1) is 6.61 Å².